The first-order valence-corrected chi connectivity index (χ1v) is 9.65. The molecule has 2 aromatic carbocycles. The van der Waals surface area contributed by atoms with Crippen molar-refractivity contribution in [3.05, 3.63) is 64.0 Å². The number of nitrogens with zero attached hydrogens (tertiary/aromatic N) is 3. The Balaban J connectivity index is 1.85. The molecule has 0 radical (unpaired) electrons. The van der Waals surface area contributed by atoms with Crippen LogP contribution in [-0.2, 0) is 10.0 Å². The lowest BCUT2D eigenvalue weighted by molar-refractivity contribution is -0.384. The molecule has 0 spiro atoms. The Morgan fingerprint density at radius 1 is 1.19 bits per heavy atom. The molecule has 0 saturated carbocycles. The van der Waals surface area contributed by atoms with Gasteiger partial charge >= 0.3 is 0 Å². The van der Waals surface area contributed by atoms with Gasteiger partial charge in [-0.1, -0.05) is 12.1 Å². The summed E-state index contributed by atoms with van der Waals surface area (Å²) in [7, 11) is -3.76. The first kappa shape index (κ1) is 18.9. The van der Waals surface area contributed by atoms with Crippen LogP contribution >= 0.6 is 0 Å². The number of sulfonamides is 1. The van der Waals surface area contributed by atoms with E-state index in [1.54, 1.807) is 6.07 Å². The van der Waals surface area contributed by atoms with Gasteiger partial charge in [-0.3, -0.25) is 15.5 Å². The van der Waals surface area contributed by atoms with E-state index >= 15 is 0 Å². The first-order chi connectivity index (χ1) is 12.9. The molecule has 1 heterocycles. The molecule has 1 N–H and O–H groups in total. The number of rotatable bonds is 6. The van der Waals surface area contributed by atoms with Gasteiger partial charge in [-0.05, 0) is 42.7 Å². The Hall–Kier alpha value is -2.85. The Labute approximate surface area is 155 Å². The van der Waals surface area contributed by atoms with E-state index in [9.17, 15) is 22.9 Å². The zero-order chi connectivity index (χ0) is 19.4. The maximum Gasteiger partial charge on any atom is 0.295 e. The summed E-state index contributed by atoms with van der Waals surface area (Å²) in [4.78, 5) is 10.5. The van der Waals surface area contributed by atoms with Gasteiger partial charge in [0.2, 0.25) is 10.0 Å². The lowest BCUT2D eigenvalue weighted by atomic mass is 10.2. The van der Waals surface area contributed by atoms with Crippen LogP contribution in [0.2, 0.25) is 0 Å². The van der Waals surface area contributed by atoms with Crippen molar-refractivity contribution in [2.75, 3.05) is 18.5 Å². The van der Waals surface area contributed by atoms with Crippen molar-refractivity contribution in [3.8, 4) is 0 Å². The SMILES string of the molecule is O=[N+]([O-])c1cc(S(=O)(=O)N2CCCC2)ccc1NN=Cc1cccc(F)c1. The molecule has 8 nitrogen and oxygen atoms in total. The molecule has 3 rings (SSSR count). The van der Waals surface area contributed by atoms with E-state index in [2.05, 4.69) is 10.5 Å². The topological polar surface area (TPSA) is 105 Å². The molecule has 2 aromatic rings. The fraction of sp³-hybridized carbons (Fsp3) is 0.235. The monoisotopic (exact) mass is 392 g/mol. The highest BCUT2D eigenvalue weighted by Crippen LogP contribution is 2.30. The number of hydrogen-bond donors (Lipinski definition) is 1. The zero-order valence-corrected chi connectivity index (χ0v) is 15.0. The molecular formula is C17H17FN4O4S. The van der Waals surface area contributed by atoms with Crippen molar-refractivity contribution in [2.24, 2.45) is 5.10 Å². The van der Waals surface area contributed by atoms with Gasteiger partial charge in [0.25, 0.3) is 5.69 Å². The third-order valence-electron chi connectivity index (χ3n) is 4.12. The number of halogens is 1. The van der Waals surface area contributed by atoms with Crippen LogP contribution in [0.3, 0.4) is 0 Å². The third kappa shape index (κ3) is 4.29. The van der Waals surface area contributed by atoms with Gasteiger partial charge in [0.15, 0.2) is 0 Å². The quantitative estimate of drug-likeness (QED) is 0.462. The van der Waals surface area contributed by atoms with E-state index in [0.717, 1.165) is 18.9 Å². The average Bonchev–Trinajstić information content (AvgIpc) is 3.17. The predicted octanol–water partition coefficient (Wildman–Crippen LogP) is 2.96. The third-order valence-corrected chi connectivity index (χ3v) is 6.01. The van der Waals surface area contributed by atoms with Crippen LogP contribution in [0.1, 0.15) is 18.4 Å². The van der Waals surface area contributed by atoms with Crippen molar-refractivity contribution in [1.29, 1.82) is 0 Å². The standard InChI is InChI=1S/C17H17FN4O4S/c18-14-5-3-4-13(10-14)12-19-20-16-7-6-15(11-17(16)22(23)24)27(25,26)21-8-1-2-9-21/h3-7,10-12,20H,1-2,8-9H2. The number of nitrogens with one attached hydrogen (secondary N) is 1. The molecule has 0 unspecified atom stereocenters. The van der Waals surface area contributed by atoms with Gasteiger partial charge in [-0.25, -0.2) is 12.8 Å². The van der Waals surface area contributed by atoms with E-state index in [1.807, 2.05) is 0 Å². The number of anilines is 1. The van der Waals surface area contributed by atoms with Crippen LogP contribution in [-0.4, -0.2) is 37.0 Å². The average molecular weight is 392 g/mol. The largest absolute Gasteiger partial charge is 0.295 e. The predicted molar refractivity (Wildman–Crippen MR) is 98.7 cm³/mol. The molecule has 0 atom stereocenters. The fourth-order valence-electron chi connectivity index (χ4n) is 2.76. The number of hydrazone groups is 1. The Bertz CT molecular complexity index is 988. The molecule has 1 aliphatic rings. The lowest BCUT2D eigenvalue weighted by Gasteiger charge is -2.15. The summed E-state index contributed by atoms with van der Waals surface area (Å²) < 4.78 is 39.6. The van der Waals surface area contributed by atoms with E-state index < -0.39 is 26.5 Å². The second kappa shape index (κ2) is 7.80. The Kier molecular flexibility index (Phi) is 5.47. The molecule has 0 amide bonds. The minimum atomic E-state index is -3.76. The van der Waals surface area contributed by atoms with Crippen LogP contribution in [0.25, 0.3) is 0 Å². The smallest absolute Gasteiger partial charge is 0.272 e. The Morgan fingerprint density at radius 2 is 1.93 bits per heavy atom. The van der Waals surface area contributed by atoms with Gasteiger partial charge in [-0.2, -0.15) is 9.41 Å². The molecule has 0 aliphatic carbocycles. The minimum Gasteiger partial charge on any atom is -0.272 e. The van der Waals surface area contributed by atoms with Crippen molar-refractivity contribution < 1.29 is 17.7 Å². The zero-order valence-electron chi connectivity index (χ0n) is 14.2. The molecule has 10 heteroatoms. The number of nitro benzene ring substituents is 1. The Morgan fingerprint density at radius 3 is 2.59 bits per heavy atom. The van der Waals surface area contributed by atoms with Crippen molar-refractivity contribution in [3.63, 3.8) is 0 Å². The van der Waals surface area contributed by atoms with Gasteiger partial charge in [0.05, 0.1) is 16.0 Å². The van der Waals surface area contributed by atoms with Gasteiger partial charge in [0.1, 0.15) is 11.5 Å². The highest BCUT2D eigenvalue weighted by Gasteiger charge is 2.29. The minimum absolute atomic E-state index is 0.0352. The molecule has 1 saturated heterocycles. The van der Waals surface area contributed by atoms with Gasteiger partial charge in [-0.15, -0.1) is 0 Å². The summed E-state index contributed by atoms with van der Waals surface area (Å²) in [6.45, 7) is 0.822. The molecule has 0 bridgehead atoms. The second-order valence-corrected chi connectivity index (χ2v) is 7.91. The molecular weight excluding hydrogens is 375 g/mol. The summed E-state index contributed by atoms with van der Waals surface area (Å²) in [6, 6.07) is 9.30. The summed E-state index contributed by atoms with van der Waals surface area (Å²) >= 11 is 0. The van der Waals surface area contributed by atoms with Gasteiger partial charge < -0.3 is 0 Å². The molecule has 1 aliphatic heterocycles. The van der Waals surface area contributed by atoms with Crippen LogP contribution in [0.4, 0.5) is 15.8 Å². The van der Waals surface area contributed by atoms with Crippen LogP contribution in [0, 0.1) is 15.9 Å². The highest BCUT2D eigenvalue weighted by atomic mass is 32.2. The van der Waals surface area contributed by atoms with Crippen molar-refractivity contribution in [1.82, 2.24) is 4.31 Å². The summed E-state index contributed by atoms with van der Waals surface area (Å²) in [5, 5.41) is 15.2. The molecule has 27 heavy (non-hydrogen) atoms. The van der Waals surface area contributed by atoms with Gasteiger partial charge in [0, 0.05) is 19.2 Å². The summed E-state index contributed by atoms with van der Waals surface area (Å²) in [5.41, 5.74) is 2.60. The van der Waals surface area contributed by atoms with E-state index in [4.69, 9.17) is 0 Å². The van der Waals surface area contributed by atoms with Crippen molar-refractivity contribution >= 4 is 27.6 Å². The summed E-state index contributed by atoms with van der Waals surface area (Å²) in [5.74, 6) is -0.429. The number of hydrogen-bond acceptors (Lipinski definition) is 6. The van der Waals surface area contributed by atoms with E-state index in [1.165, 1.54) is 40.9 Å². The highest BCUT2D eigenvalue weighted by molar-refractivity contribution is 7.89. The van der Waals surface area contributed by atoms with Crippen molar-refractivity contribution in [2.45, 2.75) is 17.7 Å². The summed E-state index contributed by atoms with van der Waals surface area (Å²) in [6.07, 6.45) is 2.85. The number of nitro groups is 1. The number of benzene rings is 2. The fourth-order valence-corrected chi connectivity index (χ4v) is 4.30. The van der Waals surface area contributed by atoms with Crippen LogP contribution in [0.5, 0.6) is 0 Å². The second-order valence-electron chi connectivity index (χ2n) is 5.97. The molecule has 142 valence electrons. The van der Waals surface area contributed by atoms with Crippen LogP contribution < -0.4 is 5.43 Å². The van der Waals surface area contributed by atoms with E-state index in [-0.39, 0.29) is 10.6 Å². The first-order valence-electron chi connectivity index (χ1n) is 8.21. The maximum atomic E-state index is 13.1. The maximum absolute atomic E-state index is 13.1. The lowest BCUT2D eigenvalue weighted by Crippen LogP contribution is -2.27. The van der Waals surface area contributed by atoms with E-state index in [0.29, 0.717) is 18.7 Å². The normalized spacial score (nSPS) is 15.3. The van der Waals surface area contributed by atoms with Crippen LogP contribution in [0.15, 0.2) is 52.5 Å². The molecule has 1 fully saturated rings. The molecule has 0 aromatic heterocycles.